The van der Waals surface area contributed by atoms with Crippen LogP contribution in [-0.2, 0) is 13.5 Å². The van der Waals surface area contributed by atoms with Crippen LogP contribution in [0, 0.1) is 0 Å². The van der Waals surface area contributed by atoms with E-state index in [4.69, 9.17) is 0 Å². The molecule has 3 heterocycles. The molecule has 5 rings (SSSR count). The van der Waals surface area contributed by atoms with Crippen molar-refractivity contribution in [3.63, 3.8) is 0 Å². The Labute approximate surface area is 186 Å². The van der Waals surface area contributed by atoms with Gasteiger partial charge in [0, 0.05) is 37.6 Å². The molecule has 0 amide bonds. The van der Waals surface area contributed by atoms with Crippen LogP contribution < -0.4 is 10.4 Å². The van der Waals surface area contributed by atoms with Crippen molar-refractivity contribution in [2.24, 2.45) is 7.05 Å². The van der Waals surface area contributed by atoms with Gasteiger partial charge in [0.2, 0.25) is 0 Å². The van der Waals surface area contributed by atoms with E-state index in [-0.39, 0.29) is 5.69 Å². The average Bonchev–Trinajstić information content (AvgIpc) is 3.37. The Kier molecular flexibility index (Phi) is 4.88. The summed E-state index contributed by atoms with van der Waals surface area (Å²) in [7, 11) is 1.52. The third-order valence-electron chi connectivity index (χ3n) is 5.35. The number of allylic oxidation sites excluding steroid dienone is 1. The van der Waals surface area contributed by atoms with E-state index in [1.165, 1.54) is 42.1 Å². The number of fused-ring (bicyclic) bond motifs is 1. The number of rotatable bonds is 4. The standard InChI is InChI=1S/C24H17F3N4O2/c1-30-14-21(31(23(30)32)20-7-2-3-8-22(20)33-24(25,26)27)19-12-15(9-10-28-19)17-11-16-5-4-6-18(16)29-13-17/h2-5,7-14H,6H2,1H3. The van der Waals surface area contributed by atoms with Crippen molar-refractivity contribution in [3.05, 3.63) is 88.9 Å². The van der Waals surface area contributed by atoms with Gasteiger partial charge in [-0.2, -0.15) is 0 Å². The molecule has 0 N–H and O–H groups in total. The number of hydrogen-bond acceptors (Lipinski definition) is 4. The summed E-state index contributed by atoms with van der Waals surface area (Å²) >= 11 is 0. The number of nitrogens with zero attached hydrogens (tertiary/aromatic N) is 4. The highest BCUT2D eigenvalue weighted by Gasteiger charge is 2.33. The third kappa shape index (κ3) is 3.93. The molecule has 9 heteroatoms. The predicted octanol–water partition coefficient (Wildman–Crippen LogP) is 4.77. The van der Waals surface area contributed by atoms with Crippen LogP contribution in [0.25, 0.3) is 34.3 Å². The van der Waals surface area contributed by atoms with E-state index in [1.54, 1.807) is 18.5 Å². The van der Waals surface area contributed by atoms with Gasteiger partial charge in [-0.25, -0.2) is 4.79 Å². The van der Waals surface area contributed by atoms with Gasteiger partial charge in [-0.1, -0.05) is 24.3 Å². The van der Waals surface area contributed by atoms with Gasteiger partial charge in [-0.15, -0.1) is 13.2 Å². The predicted molar refractivity (Wildman–Crippen MR) is 117 cm³/mol. The summed E-state index contributed by atoms with van der Waals surface area (Å²) < 4.78 is 45.5. The number of aryl methyl sites for hydroxylation is 1. The summed E-state index contributed by atoms with van der Waals surface area (Å²) in [5.74, 6) is -0.481. The Balaban J connectivity index is 1.64. The van der Waals surface area contributed by atoms with Crippen molar-refractivity contribution >= 4 is 6.08 Å². The summed E-state index contributed by atoms with van der Waals surface area (Å²) in [5, 5.41) is 0. The van der Waals surface area contributed by atoms with Crippen LogP contribution in [0.1, 0.15) is 11.3 Å². The Morgan fingerprint density at radius 1 is 1.06 bits per heavy atom. The molecule has 0 aliphatic heterocycles. The van der Waals surface area contributed by atoms with Gasteiger partial charge in [-0.3, -0.25) is 14.5 Å². The van der Waals surface area contributed by atoms with Crippen molar-refractivity contribution in [2.75, 3.05) is 0 Å². The van der Waals surface area contributed by atoms with Crippen molar-refractivity contribution in [1.82, 2.24) is 19.1 Å². The fourth-order valence-corrected chi connectivity index (χ4v) is 3.85. The monoisotopic (exact) mass is 450 g/mol. The number of para-hydroxylation sites is 2. The highest BCUT2D eigenvalue weighted by Crippen LogP contribution is 2.32. The Bertz CT molecular complexity index is 1450. The zero-order chi connectivity index (χ0) is 23.2. The minimum absolute atomic E-state index is 0.0352. The molecule has 3 aromatic heterocycles. The largest absolute Gasteiger partial charge is 0.573 e. The second kappa shape index (κ2) is 7.77. The van der Waals surface area contributed by atoms with Gasteiger partial charge < -0.3 is 9.30 Å². The number of pyridine rings is 2. The number of hydrogen-bond donors (Lipinski definition) is 0. The molecule has 1 aromatic carbocycles. The van der Waals surface area contributed by atoms with Gasteiger partial charge in [0.25, 0.3) is 0 Å². The molecule has 6 nitrogen and oxygen atoms in total. The molecule has 166 valence electrons. The average molecular weight is 450 g/mol. The Hall–Kier alpha value is -4.14. The highest BCUT2D eigenvalue weighted by molar-refractivity contribution is 5.72. The lowest BCUT2D eigenvalue weighted by Gasteiger charge is -2.15. The van der Waals surface area contributed by atoms with E-state index in [0.717, 1.165) is 33.4 Å². The molecule has 1 aliphatic rings. The zero-order valence-electron chi connectivity index (χ0n) is 17.4. The first kappa shape index (κ1) is 20.7. The molecule has 1 aliphatic carbocycles. The normalized spacial score (nSPS) is 12.7. The van der Waals surface area contributed by atoms with E-state index in [9.17, 15) is 18.0 Å². The summed E-state index contributed by atoms with van der Waals surface area (Å²) in [5.41, 5.74) is 3.92. The Morgan fingerprint density at radius 2 is 1.88 bits per heavy atom. The van der Waals surface area contributed by atoms with Gasteiger partial charge in [0.05, 0.1) is 22.8 Å². The molecule has 0 radical (unpaired) electrons. The first-order chi connectivity index (χ1) is 15.8. The second-order valence-electron chi connectivity index (χ2n) is 7.55. The third-order valence-corrected chi connectivity index (χ3v) is 5.35. The SMILES string of the molecule is Cn1cc(-c2cc(-c3cnc4c(c3)C=CC4)ccn2)n(-c2ccccc2OC(F)(F)F)c1=O. The van der Waals surface area contributed by atoms with Crippen LogP contribution in [0.15, 0.2) is 71.9 Å². The van der Waals surface area contributed by atoms with Crippen LogP contribution in [0.2, 0.25) is 0 Å². The summed E-state index contributed by atoms with van der Waals surface area (Å²) in [6, 6.07) is 11.1. The van der Waals surface area contributed by atoms with Crippen molar-refractivity contribution in [3.8, 4) is 34.0 Å². The zero-order valence-corrected chi connectivity index (χ0v) is 17.4. The number of halogens is 3. The van der Waals surface area contributed by atoms with Gasteiger partial charge >= 0.3 is 12.1 Å². The minimum Gasteiger partial charge on any atom is -0.404 e. The molecule has 0 atom stereocenters. The van der Waals surface area contributed by atoms with Crippen LogP contribution >= 0.6 is 0 Å². The number of ether oxygens (including phenoxy) is 1. The maximum atomic E-state index is 13.0. The van der Waals surface area contributed by atoms with Crippen molar-refractivity contribution in [2.45, 2.75) is 12.8 Å². The van der Waals surface area contributed by atoms with E-state index in [1.807, 2.05) is 24.3 Å². The minimum atomic E-state index is -4.90. The van der Waals surface area contributed by atoms with E-state index >= 15 is 0 Å². The maximum Gasteiger partial charge on any atom is 0.573 e. The molecular weight excluding hydrogens is 433 g/mol. The van der Waals surface area contributed by atoms with Gasteiger partial charge in [0.1, 0.15) is 0 Å². The maximum absolute atomic E-state index is 13.0. The van der Waals surface area contributed by atoms with Crippen molar-refractivity contribution in [1.29, 1.82) is 0 Å². The second-order valence-corrected chi connectivity index (χ2v) is 7.55. The topological polar surface area (TPSA) is 61.9 Å². The lowest BCUT2D eigenvalue weighted by molar-refractivity contribution is -0.274. The molecule has 0 unspecified atom stereocenters. The number of aromatic nitrogens is 4. The molecule has 0 bridgehead atoms. The van der Waals surface area contributed by atoms with Crippen LogP contribution in [0.5, 0.6) is 5.75 Å². The first-order valence-corrected chi connectivity index (χ1v) is 10.1. The molecule has 0 fully saturated rings. The summed E-state index contributed by atoms with van der Waals surface area (Å²) in [6.07, 6.45) is 4.85. The van der Waals surface area contributed by atoms with E-state index in [0.29, 0.717) is 11.4 Å². The molecular formula is C24H17F3N4O2. The van der Waals surface area contributed by atoms with Crippen LogP contribution in [-0.4, -0.2) is 25.5 Å². The summed E-state index contributed by atoms with van der Waals surface area (Å²) in [4.78, 5) is 21.8. The molecule has 0 saturated carbocycles. The Morgan fingerprint density at radius 3 is 2.70 bits per heavy atom. The molecule has 33 heavy (non-hydrogen) atoms. The fourth-order valence-electron chi connectivity index (χ4n) is 3.85. The smallest absolute Gasteiger partial charge is 0.404 e. The highest BCUT2D eigenvalue weighted by atomic mass is 19.4. The lowest BCUT2D eigenvalue weighted by atomic mass is 10.0. The quantitative estimate of drug-likeness (QED) is 0.450. The van der Waals surface area contributed by atoms with E-state index in [2.05, 4.69) is 14.7 Å². The van der Waals surface area contributed by atoms with Crippen LogP contribution in [0.4, 0.5) is 13.2 Å². The number of imidazole rings is 1. The fraction of sp³-hybridized carbons (Fsp3) is 0.125. The lowest BCUT2D eigenvalue weighted by Crippen LogP contribution is -2.24. The molecule has 4 aromatic rings. The molecule has 0 saturated heterocycles. The van der Waals surface area contributed by atoms with Crippen molar-refractivity contribution < 1.29 is 17.9 Å². The number of benzene rings is 1. The van der Waals surface area contributed by atoms with E-state index < -0.39 is 17.8 Å². The summed E-state index contributed by atoms with van der Waals surface area (Å²) in [6.45, 7) is 0. The van der Waals surface area contributed by atoms with Gasteiger partial charge in [0.15, 0.2) is 5.75 Å². The first-order valence-electron chi connectivity index (χ1n) is 10.1. The number of alkyl halides is 3. The van der Waals surface area contributed by atoms with Crippen LogP contribution in [0.3, 0.4) is 0 Å². The van der Waals surface area contributed by atoms with Gasteiger partial charge in [-0.05, 0) is 41.5 Å². The molecule has 0 spiro atoms.